The average molecular weight is 285 g/mol. The van der Waals surface area contributed by atoms with Crippen molar-refractivity contribution >= 4 is 5.97 Å². The lowest BCUT2D eigenvalue weighted by atomic mass is 10.00. The first-order valence-corrected chi connectivity index (χ1v) is 6.38. The second kappa shape index (κ2) is 5.53. The number of aliphatic hydroxyl groups excluding tert-OH is 3. The third kappa shape index (κ3) is 2.57. The van der Waals surface area contributed by atoms with Crippen LogP contribution in [0, 0.1) is 13.8 Å². The van der Waals surface area contributed by atoms with Gasteiger partial charge in [0, 0.05) is 11.9 Å². The van der Waals surface area contributed by atoms with Gasteiger partial charge in [0.15, 0.2) is 0 Å². The Morgan fingerprint density at radius 1 is 1.25 bits per heavy atom. The molecule has 0 unspecified atom stereocenters. The van der Waals surface area contributed by atoms with E-state index in [1.54, 1.807) is 20.0 Å². The van der Waals surface area contributed by atoms with Gasteiger partial charge < -0.3 is 29.8 Å². The van der Waals surface area contributed by atoms with Crippen LogP contribution in [-0.4, -0.2) is 57.0 Å². The maximum absolute atomic E-state index is 12.1. The van der Waals surface area contributed by atoms with E-state index in [1.165, 1.54) is 6.92 Å². The summed E-state index contributed by atoms with van der Waals surface area (Å²) in [6, 6.07) is 0. The van der Waals surface area contributed by atoms with Gasteiger partial charge in [-0.25, -0.2) is 4.79 Å². The molecule has 1 saturated heterocycles. The quantitative estimate of drug-likeness (QED) is 0.551. The van der Waals surface area contributed by atoms with Crippen molar-refractivity contribution in [2.75, 3.05) is 0 Å². The van der Waals surface area contributed by atoms with Crippen LogP contribution in [0.1, 0.15) is 28.5 Å². The van der Waals surface area contributed by atoms with E-state index in [-0.39, 0.29) is 0 Å². The number of aromatic amines is 1. The zero-order chi connectivity index (χ0) is 15.0. The fraction of sp³-hybridized carbons (Fsp3) is 0.615. The number of esters is 1. The van der Waals surface area contributed by atoms with Gasteiger partial charge in [-0.3, -0.25) is 0 Å². The van der Waals surface area contributed by atoms with Crippen molar-refractivity contribution < 1.29 is 29.6 Å². The summed E-state index contributed by atoms with van der Waals surface area (Å²) in [6.45, 7) is 5.00. The van der Waals surface area contributed by atoms with E-state index in [4.69, 9.17) is 9.47 Å². The van der Waals surface area contributed by atoms with Crippen LogP contribution in [0.3, 0.4) is 0 Å². The lowest BCUT2D eigenvalue weighted by Crippen LogP contribution is -2.57. The van der Waals surface area contributed by atoms with Crippen molar-refractivity contribution in [3.63, 3.8) is 0 Å². The van der Waals surface area contributed by atoms with Crippen LogP contribution in [0.2, 0.25) is 0 Å². The molecule has 0 aromatic carbocycles. The van der Waals surface area contributed by atoms with Crippen molar-refractivity contribution in [3.05, 3.63) is 23.0 Å². The van der Waals surface area contributed by atoms with Crippen LogP contribution in [0.4, 0.5) is 0 Å². The number of aryl methyl sites for hydroxylation is 2. The second-order valence-corrected chi connectivity index (χ2v) is 5.06. The molecular formula is C13H19NO6. The zero-order valence-corrected chi connectivity index (χ0v) is 11.5. The minimum Gasteiger partial charge on any atom is -0.429 e. The van der Waals surface area contributed by atoms with E-state index in [1.807, 2.05) is 0 Å². The SMILES string of the molecule is Cc1c[nH]c(C)c1C(=O)O[C@@H]1O[C@@H](C)[C@H](O)[C@@H](O)[C@H]1O. The maximum Gasteiger partial charge on any atom is 0.342 e. The smallest absolute Gasteiger partial charge is 0.342 e. The molecule has 20 heavy (non-hydrogen) atoms. The summed E-state index contributed by atoms with van der Waals surface area (Å²) in [5.41, 5.74) is 1.73. The molecule has 1 aliphatic heterocycles. The van der Waals surface area contributed by atoms with E-state index in [2.05, 4.69) is 4.98 Å². The fourth-order valence-corrected chi connectivity index (χ4v) is 2.25. The standard InChI is InChI=1S/C13H19NO6/c1-5-4-14-6(2)8(5)12(18)20-13-11(17)10(16)9(15)7(3)19-13/h4,7,9-11,13-17H,1-3H3/t7-,9-,10+,11+,13-/m0/s1. The minimum absolute atomic E-state index is 0.370. The van der Waals surface area contributed by atoms with Gasteiger partial charge in [0.05, 0.1) is 11.7 Å². The number of nitrogens with one attached hydrogen (secondary N) is 1. The number of hydrogen-bond donors (Lipinski definition) is 4. The lowest BCUT2D eigenvalue weighted by Gasteiger charge is -2.38. The fourth-order valence-electron chi connectivity index (χ4n) is 2.25. The lowest BCUT2D eigenvalue weighted by molar-refractivity contribution is -0.276. The predicted octanol–water partition coefficient (Wildman–Crippen LogP) is -0.384. The highest BCUT2D eigenvalue weighted by atomic mass is 16.7. The number of aromatic nitrogens is 1. The summed E-state index contributed by atoms with van der Waals surface area (Å²) in [5, 5.41) is 29.0. The molecule has 5 atom stereocenters. The Kier molecular flexibility index (Phi) is 4.14. The Labute approximate surface area is 116 Å². The van der Waals surface area contributed by atoms with E-state index >= 15 is 0 Å². The molecule has 0 spiro atoms. The second-order valence-electron chi connectivity index (χ2n) is 5.06. The van der Waals surface area contributed by atoms with Crippen molar-refractivity contribution in [2.24, 2.45) is 0 Å². The van der Waals surface area contributed by atoms with Gasteiger partial charge >= 0.3 is 5.97 Å². The first-order chi connectivity index (χ1) is 9.32. The normalized spacial score (nSPS) is 34.0. The molecule has 7 nitrogen and oxygen atoms in total. The number of rotatable bonds is 2. The van der Waals surface area contributed by atoms with Crippen molar-refractivity contribution in [3.8, 4) is 0 Å². The monoisotopic (exact) mass is 285 g/mol. The van der Waals surface area contributed by atoms with Gasteiger partial charge in [-0.15, -0.1) is 0 Å². The Bertz CT molecular complexity index is 480. The molecule has 1 fully saturated rings. The van der Waals surface area contributed by atoms with E-state index in [9.17, 15) is 20.1 Å². The van der Waals surface area contributed by atoms with Crippen LogP contribution in [0.5, 0.6) is 0 Å². The molecule has 0 aliphatic carbocycles. The molecule has 1 aromatic heterocycles. The number of hydrogen-bond acceptors (Lipinski definition) is 6. The average Bonchev–Trinajstić information content (AvgIpc) is 2.73. The molecule has 2 heterocycles. The Morgan fingerprint density at radius 2 is 1.90 bits per heavy atom. The largest absolute Gasteiger partial charge is 0.429 e. The van der Waals surface area contributed by atoms with Gasteiger partial charge in [0.25, 0.3) is 0 Å². The van der Waals surface area contributed by atoms with Crippen LogP contribution in [0.25, 0.3) is 0 Å². The van der Waals surface area contributed by atoms with E-state index in [0.717, 1.165) is 0 Å². The molecule has 1 aromatic rings. The van der Waals surface area contributed by atoms with Crippen molar-refractivity contribution in [2.45, 2.75) is 51.5 Å². The zero-order valence-electron chi connectivity index (χ0n) is 11.5. The summed E-state index contributed by atoms with van der Waals surface area (Å²) in [5.74, 6) is -0.652. The highest BCUT2D eigenvalue weighted by molar-refractivity contribution is 5.92. The summed E-state index contributed by atoms with van der Waals surface area (Å²) >= 11 is 0. The van der Waals surface area contributed by atoms with Crippen LogP contribution >= 0.6 is 0 Å². The van der Waals surface area contributed by atoms with Gasteiger partial charge in [-0.2, -0.15) is 0 Å². The molecule has 2 rings (SSSR count). The number of H-pyrrole nitrogens is 1. The van der Waals surface area contributed by atoms with Gasteiger partial charge in [-0.1, -0.05) is 0 Å². The van der Waals surface area contributed by atoms with Gasteiger partial charge in [0.1, 0.15) is 18.3 Å². The van der Waals surface area contributed by atoms with Crippen LogP contribution in [0.15, 0.2) is 6.20 Å². The Morgan fingerprint density at radius 3 is 2.45 bits per heavy atom. The van der Waals surface area contributed by atoms with Crippen molar-refractivity contribution in [1.29, 1.82) is 0 Å². The molecule has 0 bridgehead atoms. The molecule has 0 radical (unpaired) electrons. The predicted molar refractivity (Wildman–Crippen MR) is 68.0 cm³/mol. The number of ether oxygens (including phenoxy) is 2. The minimum atomic E-state index is -1.50. The molecule has 112 valence electrons. The third-order valence-electron chi connectivity index (χ3n) is 3.51. The first-order valence-electron chi connectivity index (χ1n) is 6.38. The first kappa shape index (κ1) is 15.0. The molecule has 4 N–H and O–H groups in total. The summed E-state index contributed by atoms with van der Waals surface area (Å²) in [7, 11) is 0. The molecule has 0 saturated carbocycles. The summed E-state index contributed by atoms with van der Waals surface area (Å²) in [4.78, 5) is 15.0. The molecule has 7 heteroatoms. The van der Waals surface area contributed by atoms with Crippen LogP contribution < -0.4 is 0 Å². The molecule has 0 amide bonds. The Balaban J connectivity index is 2.12. The van der Waals surface area contributed by atoms with Gasteiger partial charge in [-0.05, 0) is 26.3 Å². The number of aliphatic hydroxyl groups is 3. The molecule has 1 aliphatic rings. The third-order valence-corrected chi connectivity index (χ3v) is 3.51. The van der Waals surface area contributed by atoms with E-state index < -0.39 is 36.7 Å². The highest BCUT2D eigenvalue weighted by Gasteiger charge is 2.44. The Hall–Kier alpha value is -1.41. The maximum atomic E-state index is 12.1. The van der Waals surface area contributed by atoms with Crippen molar-refractivity contribution in [1.82, 2.24) is 4.98 Å². The molecular weight excluding hydrogens is 266 g/mol. The number of carbonyl (C=O) groups is 1. The highest BCUT2D eigenvalue weighted by Crippen LogP contribution is 2.23. The van der Waals surface area contributed by atoms with Crippen LogP contribution in [-0.2, 0) is 9.47 Å². The summed E-state index contributed by atoms with van der Waals surface area (Å²) < 4.78 is 10.3. The van der Waals surface area contributed by atoms with E-state index in [0.29, 0.717) is 16.8 Å². The number of carbonyl (C=O) groups excluding carboxylic acids is 1. The van der Waals surface area contributed by atoms with Gasteiger partial charge in [0.2, 0.25) is 6.29 Å². The topological polar surface area (TPSA) is 112 Å². The summed E-state index contributed by atoms with van der Waals surface area (Å²) in [6.07, 6.45) is -4.54.